The normalized spacial score (nSPS) is 21.9. The number of nitrogens with zero attached hydrogens (tertiary/aromatic N) is 1. The Kier molecular flexibility index (Phi) is 2.82. The number of likely N-dealkylation sites (tertiary alicyclic amines) is 1. The van der Waals surface area contributed by atoms with Crippen LogP contribution in [0.2, 0.25) is 0 Å². The van der Waals surface area contributed by atoms with Crippen molar-refractivity contribution in [2.24, 2.45) is 0 Å². The Morgan fingerprint density at radius 2 is 2.27 bits per heavy atom. The minimum atomic E-state index is 0.541. The van der Waals surface area contributed by atoms with Gasteiger partial charge in [0.1, 0.15) is 0 Å². The first kappa shape index (κ1) is 10.3. The van der Waals surface area contributed by atoms with Crippen LogP contribution in [-0.2, 0) is 0 Å². The van der Waals surface area contributed by atoms with E-state index in [1.165, 1.54) is 13.0 Å². The number of rotatable bonds is 2. The highest BCUT2D eigenvalue weighted by Crippen LogP contribution is 2.24. The lowest BCUT2D eigenvalue weighted by Crippen LogP contribution is -2.24. The fraction of sp³-hybridized carbons (Fsp3) is 0.500. The summed E-state index contributed by atoms with van der Waals surface area (Å²) in [6, 6.07) is 6.69. The van der Waals surface area contributed by atoms with Crippen LogP contribution < -0.4 is 11.1 Å². The summed E-state index contributed by atoms with van der Waals surface area (Å²) in [7, 11) is 2.15. The average molecular weight is 205 g/mol. The van der Waals surface area contributed by atoms with Crippen molar-refractivity contribution >= 4 is 11.4 Å². The number of hydrogen-bond donors (Lipinski definition) is 2. The molecule has 15 heavy (non-hydrogen) atoms. The van der Waals surface area contributed by atoms with Gasteiger partial charge in [0.05, 0.1) is 11.4 Å². The second-order valence-electron chi connectivity index (χ2n) is 4.43. The molecule has 3 N–H and O–H groups in total. The lowest BCUT2D eigenvalue weighted by atomic mass is 10.1. The topological polar surface area (TPSA) is 41.3 Å². The highest BCUT2D eigenvalue weighted by Gasteiger charge is 2.19. The first-order valence-corrected chi connectivity index (χ1v) is 5.47. The van der Waals surface area contributed by atoms with Crippen molar-refractivity contribution in [3.05, 3.63) is 23.8 Å². The molecule has 1 saturated heterocycles. The van der Waals surface area contributed by atoms with E-state index < -0.39 is 0 Å². The minimum Gasteiger partial charge on any atom is -0.397 e. The van der Waals surface area contributed by atoms with Crippen LogP contribution >= 0.6 is 0 Å². The van der Waals surface area contributed by atoms with Crippen LogP contribution in [0.4, 0.5) is 11.4 Å². The van der Waals surface area contributed by atoms with Crippen molar-refractivity contribution in [2.75, 3.05) is 31.2 Å². The molecule has 2 rings (SSSR count). The predicted molar refractivity (Wildman–Crippen MR) is 65.1 cm³/mol. The molecule has 1 heterocycles. The van der Waals surface area contributed by atoms with Crippen LogP contribution in [0.5, 0.6) is 0 Å². The Balaban J connectivity index is 2.07. The molecular weight excluding hydrogens is 186 g/mol. The largest absolute Gasteiger partial charge is 0.397 e. The van der Waals surface area contributed by atoms with E-state index in [9.17, 15) is 0 Å². The number of anilines is 2. The van der Waals surface area contributed by atoms with E-state index >= 15 is 0 Å². The highest BCUT2D eigenvalue weighted by atomic mass is 15.2. The van der Waals surface area contributed by atoms with Gasteiger partial charge in [-0.1, -0.05) is 12.1 Å². The van der Waals surface area contributed by atoms with E-state index in [-0.39, 0.29) is 0 Å². The minimum absolute atomic E-state index is 0.541. The van der Waals surface area contributed by atoms with Crippen molar-refractivity contribution in [3.8, 4) is 0 Å². The predicted octanol–water partition coefficient (Wildman–Crippen LogP) is 1.69. The lowest BCUT2D eigenvalue weighted by Gasteiger charge is -2.16. The maximum atomic E-state index is 6.02. The summed E-state index contributed by atoms with van der Waals surface area (Å²) in [6.45, 7) is 4.32. The first-order valence-electron chi connectivity index (χ1n) is 5.47. The highest BCUT2D eigenvalue weighted by molar-refractivity contribution is 5.69. The van der Waals surface area contributed by atoms with Crippen LogP contribution in [0.15, 0.2) is 18.2 Å². The van der Waals surface area contributed by atoms with Crippen molar-refractivity contribution in [3.63, 3.8) is 0 Å². The third-order valence-corrected chi connectivity index (χ3v) is 3.08. The molecule has 0 radical (unpaired) electrons. The van der Waals surface area contributed by atoms with Crippen LogP contribution in [0.25, 0.3) is 0 Å². The smallest absolute Gasteiger partial charge is 0.0579 e. The summed E-state index contributed by atoms with van der Waals surface area (Å²) in [5, 5.41) is 3.51. The van der Waals surface area contributed by atoms with Gasteiger partial charge in [-0.15, -0.1) is 0 Å². The molecule has 0 spiro atoms. The maximum absolute atomic E-state index is 6.02. The van der Waals surface area contributed by atoms with Crippen molar-refractivity contribution < 1.29 is 0 Å². The fourth-order valence-corrected chi connectivity index (χ4v) is 2.08. The molecular formula is C12H19N3. The van der Waals surface area contributed by atoms with Gasteiger partial charge in [0.2, 0.25) is 0 Å². The van der Waals surface area contributed by atoms with E-state index in [2.05, 4.69) is 23.3 Å². The third-order valence-electron chi connectivity index (χ3n) is 3.08. The molecule has 1 aliphatic heterocycles. The zero-order chi connectivity index (χ0) is 10.8. The number of nitrogen functional groups attached to an aromatic ring is 1. The summed E-state index contributed by atoms with van der Waals surface area (Å²) in [5.74, 6) is 0. The second kappa shape index (κ2) is 4.11. The van der Waals surface area contributed by atoms with Gasteiger partial charge in [-0.3, -0.25) is 0 Å². The molecule has 1 aromatic carbocycles. The molecule has 1 atom stereocenters. The van der Waals surface area contributed by atoms with Crippen LogP contribution in [0.3, 0.4) is 0 Å². The van der Waals surface area contributed by atoms with Gasteiger partial charge in [0.25, 0.3) is 0 Å². The van der Waals surface area contributed by atoms with Gasteiger partial charge < -0.3 is 16.0 Å². The number of hydrogen-bond acceptors (Lipinski definition) is 3. The Labute approximate surface area is 91.3 Å². The monoisotopic (exact) mass is 205 g/mol. The molecule has 0 aliphatic carbocycles. The maximum Gasteiger partial charge on any atom is 0.0579 e. The molecule has 1 aliphatic rings. The summed E-state index contributed by atoms with van der Waals surface area (Å²) < 4.78 is 0. The first-order chi connectivity index (χ1) is 7.16. The summed E-state index contributed by atoms with van der Waals surface area (Å²) in [4.78, 5) is 2.34. The number of nitrogens with two attached hydrogens (primary N) is 1. The second-order valence-corrected chi connectivity index (χ2v) is 4.43. The van der Waals surface area contributed by atoms with E-state index in [1.54, 1.807) is 0 Å². The molecule has 1 unspecified atom stereocenters. The molecule has 0 amide bonds. The number of benzene rings is 1. The Bertz CT molecular complexity index is 349. The number of likely N-dealkylation sites (N-methyl/N-ethyl adjacent to an activating group) is 1. The summed E-state index contributed by atoms with van der Waals surface area (Å²) in [5.41, 5.74) is 9.12. The average Bonchev–Trinajstić information content (AvgIpc) is 2.59. The van der Waals surface area contributed by atoms with Crippen LogP contribution in [0, 0.1) is 6.92 Å². The van der Waals surface area contributed by atoms with Gasteiger partial charge in [-0.05, 0) is 38.6 Å². The van der Waals surface area contributed by atoms with Crippen molar-refractivity contribution in [1.29, 1.82) is 0 Å². The third kappa shape index (κ3) is 2.23. The molecule has 0 bridgehead atoms. The molecule has 3 nitrogen and oxygen atoms in total. The number of aryl methyl sites for hydroxylation is 1. The Morgan fingerprint density at radius 1 is 1.47 bits per heavy atom. The number of para-hydroxylation sites is 1. The Morgan fingerprint density at radius 3 is 2.93 bits per heavy atom. The van der Waals surface area contributed by atoms with Gasteiger partial charge in [0.15, 0.2) is 0 Å². The van der Waals surface area contributed by atoms with Gasteiger partial charge in [-0.25, -0.2) is 0 Å². The zero-order valence-corrected chi connectivity index (χ0v) is 9.46. The van der Waals surface area contributed by atoms with Crippen LogP contribution in [0.1, 0.15) is 12.0 Å². The summed E-state index contributed by atoms with van der Waals surface area (Å²) in [6.07, 6.45) is 1.20. The Hall–Kier alpha value is -1.22. The van der Waals surface area contributed by atoms with Gasteiger partial charge >= 0.3 is 0 Å². The molecule has 3 heteroatoms. The summed E-state index contributed by atoms with van der Waals surface area (Å²) >= 11 is 0. The fourth-order valence-electron chi connectivity index (χ4n) is 2.08. The van der Waals surface area contributed by atoms with Crippen molar-refractivity contribution in [1.82, 2.24) is 4.90 Å². The zero-order valence-electron chi connectivity index (χ0n) is 9.46. The lowest BCUT2D eigenvalue weighted by molar-refractivity contribution is 0.414. The van der Waals surface area contributed by atoms with E-state index in [0.29, 0.717) is 6.04 Å². The molecule has 1 fully saturated rings. The van der Waals surface area contributed by atoms with E-state index in [0.717, 1.165) is 23.5 Å². The molecule has 0 saturated carbocycles. The van der Waals surface area contributed by atoms with E-state index in [4.69, 9.17) is 5.73 Å². The van der Waals surface area contributed by atoms with E-state index in [1.807, 2.05) is 19.1 Å². The van der Waals surface area contributed by atoms with Gasteiger partial charge in [-0.2, -0.15) is 0 Å². The quantitative estimate of drug-likeness (QED) is 0.722. The molecule has 1 aromatic rings. The molecule has 82 valence electrons. The molecule has 0 aromatic heterocycles. The standard InChI is InChI=1S/C12H19N3/c1-9-4-3-5-11(12(9)13)14-10-6-7-15(2)8-10/h3-5,10,14H,6-8,13H2,1-2H3. The van der Waals surface area contributed by atoms with Crippen LogP contribution in [-0.4, -0.2) is 31.1 Å². The SMILES string of the molecule is Cc1cccc(NC2CCN(C)C2)c1N. The van der Waals surface area contributed by atoms with Gasteiger partial charge in [0, 0.05) is 12.6 Å². The number of nitrogens with one attached hydrogen (secondary N) is 1. The van der Waals surface area contributed by atoms with Crippen molar-refractivity contribution in [2.45, 2.75) is 19.4 Å².